The molecule has 8 nitrogen and oxygen atoms in total. The fraction of sp³-hybridized carbons (Fsp3) is 0.516. The number of rotatable bonds is 19. The molecule has 0 aliphatic carbocycles. The number of carbonyl (C=O) groups excluding carboxylic acids is 3. The van der Waals surface area contributed by atoms with E-state index in [0.717, 1.165) is 49.0 Å². The van der Waals surface area contributed by atoms with Gasteiger partial charge in [0.05, 0.1) is 6.04 Å². The minimum Gasteiger partial charge on any atom is -0.492 e. The van der Waals surface area contributed by atoms with Crippen molar-refractivity contribution in [3.63, 3.8) is 0 Å². The maximum Gasteiger partial charge on any atom is 0.243 e. The summed E-state index contributed by atoms with van der Waals surface area (Å²) in [5, 5.41) is 9.07. The number of carbonyl (C=O) groups is 3. The van der Waals surface area contributed by atoms with Crippen LogP contribution in [-0.2, 0) is 27.2 Å². The third-order valence-electron chi connectivity index (χ3n) is 6.95. The number of amides is 3. The summed E-state index contributed by atoms with van der Waals surface area (Å²) in [5.74, 6) is 0.883. The van der Waals surface area contributed by atoms with E-state index in [1.807, 2.05) is 61.5 Å². The van der Waals surface area contributed by atoms with Crippen LogP contribution in [0.5, 0.6) is 5.75 Å². The lowest BCUT2D eigenvalue weighted by molar-refractivity contribution is -0.132. The number of ether oxygens (including phenoxy) is 1. The lowest BCUT2D eigenvalue weighted by Gasteiger charge is -2.27. The summed E-state index contributed by atoms with van der Waals surface area (Å²) >= 11 is 0. The van der Waals surface area contributed by atoms with Crippen LogP contribution in [0.25, 0.3) is 0 Å². The maximum absolute atomic E-state index is 13.1. The Balaban J connectivity index is 1.88. The number of nitrogens with zero attached hydrogens (tertiary/aromatic N) is 1. The summed E-state index contributed by atoms with van der Waals surface area (Å²) in [7, 11) is 1.65. The van der Waals surface area contributed by atoms with Gasteiger partial charge in [0.15, 0.2) is 0 Å². The second-order valence-corrected chi connectivity index (χ2v) is 9.83. The predicted octanol–water partition coefficient (Wildman–Crippen LogP) is 3.34. The van der Waals surface area contributed by atoms with Crippen LogP contribution in [0.2, 0.25) is 0 Å². The molecule has 8 heteroatoms. The van der Waals surface area contributed by atoms with E-state index in [1.165, 1.54) is 0 Å². The Morgan fingerprint density at radius 1 is 1.00 bits per heavy atom. The van der Waals surface area contributed by atoms with Crippen LogP contribution >= 0.6 is 0 Å². The van der Waals surface area contributed by atoms with Crippen molar-refractivity contribution in [2.24, 2.45) is 5.92 Å². The predicted molar refractivity (Wildman–Crippen MR) is 156 cm³/mol. The molecule has 0 radical (unpaired) electrons. The summed E-state index contributed by atoms with van der Waals surface area (Å²) in [5.41, 5.74) is 2.09. The molecule has 0 saturated heterocycles. The highest BCUT2D eigenvalue weighted by Crippen LogP contribution is 2.19. The first kappa shape index (κ1) is 31.8. The fourth-order valence-electron chi connectivity index (χ4n) is 4.52. The zero-order chi connectivity index (χ0) is 28.5. The van der Waals surface area contributed by atoms with Crippen LogP contribution < -0.4 is 20.7 Å². The zero-order valence-corrected chi connectivity index (χ0v) is 23.9. The average Bonchev–Trinajstić information content (AvgIpc) is 2.97. The van der Waals surface area contributed by atoms with Gasteiger partial charge in [-0.2, -0.15) is 0 Å². The van der Waals surface area contributed by atoms with Gasteiger partial charge in [0.1, 0.15) is 18.4 Å². The highest BCUT2D eigenvalue weighted by molar-refractivity contribution is 5.84. The van der Waals surface area contributed by atoms with E-state index in [1.54, 1.807) is 11.9 Å². The Labute approximate surface area is 233 Å². The Morgan fingerprint density at radius 2 is 1.72 bits per heavy atom. The van der Waals surface area contributed by atoms with Crippen molar-refractivity contribution >= 4 is 18.2 Å². The van der Waals surface area contributed by atoms with Crippen molar-refractivity contribution in [3.05, 3.63) is 65.7 Å². The number of hydrogen-bond acceptors (Lipinski definition) is 5. The van der Waals surface area contributed by atoms with E-state index in [9.17, 15) is 14.4 Å². The lowest BCUT2D eigenvalue weighted by atomic mass is 9.98. The quantitative estimate of drug-likeness (QED) is 0.188. The van der Waals surface area contributed by atoms with Crippen LogP contribution in [0.4, 0.5) is 0 Å². The van der Waals surface area contributed by atoms with E-state index in [0.29, 0.717) is 32.7 Å². The number of hydrogen-bond donors (Lipinski definition) is 3. The third-order valence-corrected chi connectivity index (χ3v) is 6.95. The van der Waals surface area contributed by atoms with Crippen molar-refractivity contribution in [2.45, 2.75) is 65.0 Å². The molecule has 0 aliphatic heterocycles. The number of para-hydroxylation sites is 1. The summed E-state index contributed by atoms with van der Waals surface area (Å²) in [6.07, 6.45) is 4.43. The molecule has 3 atom stereocenters. The van der Waals surface area contributed by atoms with Gasteiger partial charge in [0.2, 0.25) is 18.2 Å². The van der Waals surface area contributed by atoms with Crippen LogP contribution in [0.1, 0.15) is 51.2 Å². The summed E-state index contributed by atoms with van der Waals surface area (Å²) in [6, 6.07) is 16.9. The molecule has 2 aromatic carbocycles. The third kappa shape index (κ3) is 10.7. The molecule has 2 aromatic rings. The van der Waals surface area contributed by atoms with E-state index in [-0.39, 0.29) is 23.8 Å². The lowest BCUT2D eigenvalue weighted by Crippen LogP contribution is -2.48. The van der Waals surface area contributed by atoms with Gasteiger partial charge in [-0.25, -0.2) is 0 Å². The molecule has 0 bridgehead atoms. The van der Waals surface area contributed by atoms with E-state index >= 15 is 0 Å². The summed E-state index contributed by atoms with van der Waals surface area (Å²) in [6.45, 7) is 8.17. The van der Waals surface area contributed by atoms with Gasteiger partial charge in [-0.1, -0.05) is 75.7 Å². The van der Waals surface area contributed by atoms with Gasteiger partial charge in [-0.05, 0) is 42.4 Å². The largest absolute Gasteiger partial charge is 0.492 e. The van der Waals surface area contributed by atoms with Crippen molar-refractivity contribution in [2.75, 3.05) is 33.3 Å². The molecule has 0 heterocycles. The molecule has 0 aliphatic rings. The number of benzene rings is 2. The first-order valence-electron chi connectivity index (χ1n) is 14.1. The first-order valence-corrected chi connectivity index (χ1v) is 14.1. The molecule has 0 spiro atoms. The SMILES string of the molecule is CCCN(C=O)[C@H](Cc1ccccc1)C(=O)NCCCc1ccccc1OCCN[C@H](C(=O)NC)C(C)CC. The van der Waals surface area contributed by atoms with Gasteiger partial charge in [-0.3, -0.25) is 14.4 Å². The molecule has 3 N–H and O–H groups in total. The number of aryl methyl sites for hydroxylation is 1. The molecule has 214 valence electrons. The van der Waals surface area contributed by atoms with Gasteiger partial charge in [-0.15, -0.1) is 0 Å². The van der Waals surface area contributed by atoms with Crippen LogP contribution in [0, 0.1) is 5.92 Å². The van der Waals surface area contributed by atoms with E-state index in [2.05, 4.69) is 29.8 Å². The molecule has 0 saturated carbocycles. The van der Waals surface area contributed by atoms with E-state index in [4.69, 9.17) is 4.74 Å². The second-order valence-electron chi connectivity index (χ2n) is 9.83. The molecule has 3 amide bonds. The monoisotopic (exact) mass is 538 g/mol. The number of likely N-dealkylation sites (N-methyl/N-ethyl adjacent to an activating group) is 1. The van der Waals surface area contributed by atoms with Crippen LogP contribution in [0.15, 0.2) is 54.6 Å². The van der Waals surface area contributed by atoms with E-state index < -0.39 is 6.04 Å². The molecule has 0 fully saturated rings. The smallest absolute Gasteiger partial charge is 0.243 e. The molecule has 39 heavy (non-hydrogen) atoms. The van der Waals surface area contributed by atoms with Gasteiger partial charge in [0.25, 0.3) is 0 Å². The normalized spacial score (nSPS) is 13.1. The topological polar surface area (TPSA) is 99.8 Å². The average molecular weight is 539 g/mol. The molecule has 0 aromatic heterocycles. The molecule has 2 rings (SSSR count). The van der Waals surface area contributed by atoms with Crippen molar-refractivity contribution in [1.82, 2.24) is 20.9 Å². The standard InChI is InChI=1S/C31H46N4O4/c1-5-20-35(23-36)27(22-25-13-8-7-9-14-25)30(37)34-18-12-16-26-15-10-11-17-28(26)39-21-19-33-29(24(3)6-2)31(38)32-4/h7-11,13-15,17,23-24,27,29,33H,5-6,12,16,18-22H2,1-4H3,(H,32,38)(H,34,37)/t24?,27-,29+/m1/s1. The van der Waals surface area contributed by atoms with Crippen molar-refractivity contribution in [1.29, 1.82) is 0 Å². The minimum atomic E-state index is -0.540. The molecule has 1 unspecified atom stereocenters. The fourth-order valence-corrected chi connectivity index (χ4v) is 4.52. The van der Waals surface area contributed by atoms with Crippen LogP contribution in [0.3, 0.4) is 0 Å². The minimum absolute atomic E-state index is 0.0104. The Hall–Kier alpha value is -3.39. The summed E-state index contributed by atoms with van der Waals surface area (Å²) < 4.78 is 6.04. The van der Waals surface area contributed by atoms with Gasteiger partial charge in [0, 0.05) is 33.1 Å². The Morgan fingerprint density at radius 3 is 2.38 bits per heavy atom. The second kappa shape index (κ2) is 18.0. The zero-order valence-electron chi connectivity index (χ0n) is 23.9. The first-order chi connectivity index (χ1) is 18.9. The van der Waals surface area contributed by atoms with Crippen molar-refractivity contribution < 1.29 is 19.1 Å². The summed E-state index contributed by atoms with van der Waals surface area (Å²) in [4.78, 5) is 38.6. The van der Waals surface area contributed by atoms with Crippen molar-refractivity contribution in [3.8, 4) is 5.75 Å². The highest BCUT2D eigenvalue weighted by atomic mass is 16.5. The Kier molecular flexibility index (Phi) is 14.7. The van der Waals surface area contributed by atoms with Crippen LogP contribution in [-0.4, -0.2) is 68.5 Å². The molecular formula is C31H46N4O4. The highest BCUT2D eigenvalue weighted by Gasteiger charge is 2.25. The maximum atomic E-state index is 13.1. The van der Waals surface area contributed by atoms with Gasteiger partial charge < -0.3 is 25.6 Å². The number of nitrogens with one attached hydrogen (secondary N) is 3. The van der Waals surface area contributed by atoms with Gasteiger partial charge >= 0.3 is 0 Å². The Bertz CT molecular complexity index is 1000. The molecular weight excluding hydrogens is 492 g/mol.